The molecule has 1 saturated heterocycles. The van der Waals surface area contributed by atoms with Crippen LogP contribution in [0.25, 0.3) is 0 Å². The molecule has 5 heteroatoms. The quantitative estimate of drug-likeness (QED) is 0.813. The molecule has 1 fully saturated rings. The largest absolute Gasteiger partial charge is 0.493 e. The molecule has 2 rings (SSSR count). The van der Waals surface area contributed by atoms with Gasteiger partial charge in [0.25, 0.3) is 0 Å². The van der Waals surface area contributed by atoms with Gasteiger partial charge in [0.2, 0.25) is 5.75 Å². The van der Waals surface area contributed by atoms with Crippen LogP contribution in [0.2, 0.25) is 0 Å². The van der Waals surface area contributed by atoms with E-state index >= 15 is 0 Å². The minimum atomic E-state index is -0.180. The third kappa shape index (κ3) is 3.35. The van der Waals surface area contributed by atoms with Gasteiger partial charge in [-0.05, 0) is 25.0 Å². The van der Waals surface area contributed by atoms with Crippen LogP contribution in [0.5, 0.6) is 17.2 Å². The predicted molar refractivity (Wildman–Crippen MR) is 75.7 cm³/mol. The van der Waals surface area contributed by atoms with E-state index in [0.717, 1.165) is 38.0 Å². The van der Waals surface area contributed by atoms with E-state index in [2.05, 4.69) is 0 Å². The average Bonchev–Trinajstić information content (AvgIpc) is 2.46. The minimum absolute atomic E-state index is 0.180. The first-order valence-electron chi connectivity index (χ1n) is 6.98. The number of nitrogens with one attached hydrogen (secondary N) is 1. The molecule has 2 N–H and O–H groups in total. The molecule has 0 saturated carbocycles. The van der Waals surface area contributed by atoms with Crippen molar-refractivity contribution in [2.24, 2.45) is 0 Å². The van der Waals surface area contributed by atoms with Crippen LogP contribution in [-0.2, 0) is 6.54 Å². The Morgan fingerprint density at radius 3 is 2.30 bits per heavy atom. The highest BCUT2D eigenvalue weighted by Crippen LogP contribution is 2.37. The number of ether oxygens (including phenoxy) is 3. The molecule has 1 aromatic rings. The lowest BCUT2D eigenvalue weighted by molar-refractivity contribution is -0.921. The Morgan fingerprint density at radius 2 is 1.80 bits per heavy atom. The summed E-state index contributed by atoms with van der Waals surface area (Å²) in [6.45, 7) is 2.75. The molecule has 0 aliphatic carbocycles. The van der Waals surface area contributed by atoms with Gasteiger partial charge in [-0.15, -0.1) is 0 Å². The van der Waals surface area contributed by atoms with Crippen LogP contribution in [-0.4, -0.2) is 45.6 Å². The molecule has 0 amide bonds. The van der Waals surface area contributed by atoms with Crippen molar-refractivity contribution < 1.29 is 24.2 Å². The SMILES string of the molecule is COc1cc(C[NH+]2CCC[C@@H](O)C2)cc(OC)c1OC. The third-order valence-corrected chi connectivity index (χ3v) is 3.77. The number of hydrogen-bond acceptors (Lipinski definition) is 4. The molecule has 0 aromatic heterocycles. The average molecular weight is 282 g/mol. The highest BCUT2D eigenvalue weighted by atomic mass is 16.5. The lowest BCUT2D eigenvalue weighted by Crippen LogP contribution is -3.12. The maximum atomic E-state index is 9.75. The molecule has 0 bridgehead atoms. The molecule has 1 aliphatic heterocycles. The first kappa shape index (κ1) is 14.9. The lowest BCUT2D eigenvalue weighted by atomic mass is 10.1. The van der Waals surface area contributed by atoms with Crippen molar-refractivity contribution in [2.75, 3.05) is 34.4 Å². The molecule has 2 atom stereocenters. The van der Waals surface area contributed by atoms with Crippen LogP contribution in [0, 0.1) is 0 Å². The van der Waals surface area contributed by atoms with Gasteiger partial charge >= 0.3 is 0 Å². The molecule has 1 unspecified atom stereocenters. The van der Waals surface area contributed by atoms with Gasteiger partial charge in [-0.1, -0.05) is 0 Å². The summed E-state index contributed by atoms with van der Waals surface area (Å²) in [6.07, 6.45) is 1.81. The van der Waals surface area contributed by atoms with E-state index < -0.39 is 0 Å². The zero-order chi connectivity index (χ0) is 14.5. The van der Waals surface area contributed by atoms with Crippen molar-refractivity contribution in [2.45, 2.75) is 25.5 Å². The Labute approximate surface area is 120 Å². The van der Waals surface area contributed by atoms with Crippen LogP contribution < -0.4 is 19.1 Å². The van der Waals surface area contributed by atoms with Crippen molar-refractivity contribution >= 4 is 0 Å². The number of likely N-dealkylation sites (tertiary alicyclic amines) is 1. The summed E-state index contributed by atoms with van der Waals surface area (Å²) in [6, 6.07) is 3.96. The zero-order valence-electron chi connectivity index (χ0n) is 12.4. The van der Waals surface area contributed by atoms with E-state index in [9.17, 15) is 5.11 Å². The normalized spacial score (nSPS) is 22.4. The van der Waals surface area contributed by atoms with Gasteiger partial charge in [-0.25, -0.2) is 0 Å². The molecular weight excluding hydrogens is 258 g/mol. The predicted octanol–water partition coefficient (Wildman–Crippen LogP) is 0.252. The van der Waals surface area contributed by atoms with Gasteiger partial charge in [0.05, 0.1) is 27.9 Å². The van der Waals surface area contributed by atoms with Crippen molar-refractivity contribution in [3.8, 4) is 17.2 Å². The topological polar surface area (TPSA) is 52.4 Å². The number of aliphatic hydroxyl groups is 1. The number of rotatable bonds is 5. The van der Waals surface area contributed by atoms with Gasteiger partial charge in [0.15, 0.2) is 11.5 Å². The number of methoxy groups -OCH3 is 3. The van der Waals surface area contributed by atoms with Gasteiger partial charge < -0.3 is 24.2 Å². The van der Waals surface area contributed by atoms with Crippen molar-refractivity contribution in [3.05, 3.63) is 17.7 Å². The molecule has 1 aliphatic rings. The number of hydrogen-bond donors (Lipinski definition) is 2. The maximum absolute atomic E-state index is 9.75. The summed E-state index contributed by atoms with van der Waals surface area (Å²) in [7, 11) is 4.85. The standard InChI is InChI=1S/C15H23NO4/c1-18-13-7-11(8-14(19-2)15(13)20-3)9-16-6-4-5-12(17)10-16/h7-8,12,17H,4-6,9-10H2,1-3H3/p+1/t12-/m1/s1. The summed E-state index contributed by atoms with van der Waals surface area (Å²) < 4.78 is 16.1. The summed E-state index contributed by atoms with van der Waals surface area (Å²) >= 11 is 0. The Hall–Kier alpha value is -1.46. The Kier molecular flexibility index (Phi) is 5.09. The fourth-order valence-corrected chi connectivity index (χ4v) is 2.81. The van der Waals surface area contributed by atoms with Gasteiger partial charge in [-0.2, -0.15) is 0 Å². The van der Waals surface area contributed by atoms with Crippen LogP contribution >= 0.6 is 0 Å². The smallest absolute Gasteiger partial charge is 0.203 e. The van der Waals surface area contributed by atoms with E-state index in [0.29, 0.717) is 17.2 Å². The molecule has 20 heavy (non-hydrogen) atoms. The van der Waals surface area contributed by atoms with Crippen molar-refractivity contribution in [1.82, 2.24) is 0 Å². The molecular formula is C15H24NO4+. The second-order valence-electron chi connectivity index (χ2n) is 5.21. The zero-order valence-corrected chi connectivity index (χ0v) is 12.4. The highest BCUT2D eigenvalue weighted by molar-refractivity contribution is 5.53. The summed E-state index contributed by atoms with van der Waals surface area (Å²) in [4.78, 5) is 1.39. The number of quaternary nitrogens is 1. The van der Waals surface area contributed by atoms with E-state index in [1.165, 1.54) is 4.90 Å². The number of benzene rings is 1. The monoisotopic (exact) mass is 282 g/mol. The van der Waals surface area contributed by atoms with E-state index in [4.69, 9.17) is 14.2 Å². The second-order valence-corrected chi connectivity index (χ2v) is 5.21. The van der Waals surface area contributed by atoms with Gasteiger partial charge in [-0.3, -0.25) is 0 Å². The number of piperidine rings is 1. The molecule has 0 spiro atoms. The van der Waals surface area contributed by atoms with Crippen LogP contribution in [0.1, 0.15) is 18.4 Å². The molecule has 0 radical (unpaired) electrons. The second kappa shape index (κ2) is 6.81. The van der Waals surface area contributed by atoms with E-state index in [-0.39, 0.29) is 6.10 Å². The Bertz CT molecular complexity index is 424. The van der Waals surface area contributed by atoms with Gasteiger partial charge in [0.1, 0.15) is 19.2 Å². The molecule has 1 aromatic carbocycles. The fourth-order valence-electron chi connectivity index (χ4n) is 2.81. The van der Waals surface area contributed by atoms with Crippen LogP contribution in [0.15, 0.2) is 12.1 Å². The van der Waals surface area contributed by atoms with Crippen LogP contribution in [0.3, 0.4) is 0 Å². The first-order chi connectivity index (χ1) is 9.67. The fraction of sp³-hybridized carbons (Fsp3) is 0.600. The number of aliphatic hydroxyl groups excluding tert-OH is 1. The Balaban J connectivity index is 2.19. The van der Waals surface area contributed by atoms with Crippen molar-refractivity contribution in [1.29, 1.82) is 0 Å². The minimum Gasteiger partial charge on any atom is -0.493 e. The van der Waals surface area contributed by atoms with E-state index in [1.807, 2.05) is 12.1 Å². The van der Waals surface area contributed by atoms with Gasteiger partial charge in [0, 0.05) is 5.56 Å². The Morgan fingerprint density at radius 1 is 1.15 bits per heavy atom. The summed E-state index contributed by atoms with van der Waals surface area (Å²) in [5.74, 6) is 1.98. The lowest BCUT2D eigenvalue weighted by Gasteiger charge is -2.27. The molecule has 1 heterocycles. The molecule has 112 valence electrons. The summed E-state index contributed by atoms with van der Waals surface area (Å²) in [5.41, 5.74) is 1.13. The molecule has 5 nitrogen and oxygen atoms in total. The van der Waals surface area contributed by atoms with E-state index in [1.54, 1.807) is 21.3 Å². The van der Waals surface area contributed by atoms with Crippen LogP contribution in [0.4, 0.5) is 0 Å². The first-order valence-corrected chi connectivity index (χ1v) is 6.98. The summed E-state index contributed by atoms with van der Waals surface area (Å²) in [5, 5.41) is 9.75. The van der Waals surface area contributed by atoms with Crippen molar-refractivity contribution in [3.63, 3.8) is 0 Å². The maximum Gasteiger partial charge on any atom is 0.203 e. The highest BCUT2D eigenvalue weighted by Gasteiger charge is 2.22. The third-order valence-electron chi connectivity index (χ3n) is 3.77.